The summed E-state index contributed by atoms with van der Waals surface area (Å²) >= 11 is 0. The van der Waals surface area contributed by atoms with Gasteiger partial charge in [0.05, 0.1) is 35.7 Å². The summed E-state index contributed by atoms with van der Waals surface area (Å²) in [6.07, 6.45) is -4.06. The van der Waals surface area contributed by atoms with Crippen LogP contribution in [-0.2, 0) is 18.0 Å². The molecule has 0 radical (unpaired) electrons. The molecule has 1 aromatic heterocycles. The van der Waals surface area contributed by atoms with E-state index in [9.17, 15) is 22.8 Å². The molecule has 0 bridgehead atoms. The number of piperazine rings is 1. The summed E-state index contributed by atoms with van der Waals surface area (Å²) in [5.41, 5.74) is -0.691. The number of carbonyl (C=O) groups is 1. The van der Waals surface area contributed by atoms with Gasteiger partial charge < -0.3 is 24.4 Å². The monoisotopic (exact) mass is 601 g/mol. The van der Waals surface area contributed by atoms with Crippen molar-refractivity contribution in [3.05, 3.63) is 76.0 Å². The molecule has 2 aliphatic rings. The molecule has 230 valence electrons. The van der Waals surface area contributed by atoms with Crippen LogP contribution in [0.1, 0.15) is 29.8 Å². The number of benzene rings is 2. The highest BCUT2D eigenvalue weighted by Crippen LogP contribution is 2.38. The van der Waals surface area contributed by atoms with Gasteiger partial charge in [-0.1, -0.05) is 12.1 Å². The summed E-state index contributed by atoms with van der Waals surface area (Å²) in [6, 6.07) is 10.7. The second-order valence-corrected chi connectivity index (χ2v) is 11.3. The topological polar surface area (TPSA) is 70.0 Å². The molecule has 43 heavy (non-hydrogen) atoms. The molecule has 5 rings (SSSR count). The van der Waals surface area contributed by atoms with Crippen LogP contribution in [0.5, 0.6) is 0 Å². The molecule has 1 amide bonds. The Morgan fingerprint density at radius 1 is 0.953 bits per heavy atom. The Labute approximate surface area is 247 Å². The molecule has 2 aromatic carbocycles. The van der Waals surface area contributed by atoms with E-state index in [-0.39, 0.29) is 23.3 Å². The van der Waals surface area contributed by atoms with Crippen LogP contribution >= 0.6 is 0 Å². The summed E-state index contributed by atoms with van der Waals surface area (Å²) in [5, 5.41) is 2.63. The Morgan fingerprint density at radius 3 is 2.19 bits per heavy atom. The number of amides is 1. The van der Waals surface area contributed by atoms with Gasteiger partial charge in [0.15, 0.2) is 0 Å². The molecular formula is C31H35F4N5O3. The molecular weight excluding hydrogens is 566 g/mol. The lowest BCUT2D eigenvalue weighted by Crippen LogP contribution is -2.55. The summed E-state index contributed by atoms with van der Waals surface area (Å²) in [6.45, 7) is 7.82. The van der Waals surface area contributed by atoms with Crippen molar-refractivity contribution in [2.75, 3.05) is 61.6 Å². The number of anilines is 3. The van der Waals surface area contributed by atoms with Gasteiger partial charge in [-0.3, -0.25) is 14.5 Å². The number of morpholine rings is 1. The van der Waals surface area contributed by atoms with Gasteiger partial charge in [-0.05, 0) is 50.7 Å². The number of carbonyl (C=O) groups excluding carboxylic acids is 1. The first kappa shape index (κ1) is 30.6. The highest BCUT2D eigenvalue weighted by Gasteiger charge is 2.37. The first-order valence-corrected chi connectivity index (χ1v) is 14.2. The third kappa shape index (κ3) is 6.40. The second kappa shape index (κ2) is 12.0. The Hall–Kier alpha value is -3.90. The zero-order chi connectivity index (χ0) is 31.1. The number of hydrogen-bond acceptors (Lipinski definition) is 6. The van der Waals surface area contributed by atoms with Crippen molar-refractivity contribution in [2.24, 2.45) is 7.05 Å². The third-order valence-corrected chi connectivity index (χ3v) is 8.37. The number of ether oxygens (including phenoxy) is 1. The number of aryl methyl sites for hydroxylation is 1. The molecule has 3 heterocycles. The van der Waals surface area contributed by atoms with Crippen LogP contribution < -0.4 is 20.7 Å². The van der Waals surface area contributed by atoms with Crippen molar-refractivity contribution >= 4 is 23.0 Å². The number of likely N-dealkylation sites (N-methyl/N-ethyl adjacent to an activating group) is 1. The lowest BCUT2D eigenvalue weighted by Gasteiger charge is -2.44. The number of rotatable bonds is 5. The number of pyridine rings is 1. The first-order chi connectivity index (χ1) is 20.3. The quantitative estimate of drug-likeness (QED) is 0.423. The lowest BCUT2D eigenvalue weighted by molar-refractivity contribution is -0.138. The Balaban J connectivity index is 1.56. The van der Waals surface area contributed by atoms with E-state index in [1.165, 1.54) is 19.2 Å². The third-order valence-electron chi connectivity index (χ3n) is 8.37. The molecule has 0 saturated carbocycles. The van der Waals surface area contributed by atoms with E-state index in [0.717, 1.165) is 29.5 Å². The summed E-state index contributed by atoms with van der Waals surface area (Å²) in [4.78, 5) is 31.7. The molecule has 1 N–H and O–H groups in total. The van der Waals surface area contributed by atoms with Gasteiger partial charge in [0.1, 0.15) is 5.82 Å². The van der Waals surface area contributed by atoms with E-state index in [1.807, 2.05) is 37.9 Å². The molecule has 3 aromatic rings. The summed E-state index contributed by atoms with van der Waals surface area (Å²) in [7, 11) is 3.27. The number of alkyl halides is 3. The Kier molecular flexibility index (Phi) is 8.53. The van der Waals surface area contributed by atoms with Gasteiger partial charge >= 0.3 is 6.18 Å². The molecule has 0 aliphatic carbocycles. The zero-order valence-corrected chi connectivity index (χ0v) is 24.5. The number of halogens is 4. The summed E-state index contributed by atoms with van der Waals surface area (Å²) < 4.78 is 63.7. The highest BCUT2D eigenvalue weighted by atomic mass is 19.4. The van der Waals surface area contributed by atoms with Crippen LogP contribution in [0.2, 0.25) is 0 Å². The van der Waals surface area contributed by atoms with Gasteiger partial charge in [0.2, 0.25) is 0 Å². The van der Waals surface area contributed by atoms with Gasteiger partial charge in [0.25, 0.3) is 11.5 Å². The highest BCUT2D eigenvalue weighted by molar-refractivity contribution is 6.07. The van der Waals surface area contributed by atoms with E-state index in [0.29, 0.717) is 43.6 Å². The summed E-state index contributed by atoms with van der Waals surface area (Å²) in [5.74, 6) is -1.58. The van der Waals surface area contributed by atoms with Crippen molar-refractivity contribution in [3.8, 4) is 11.1 Å². The Morgan fingerprint density at radius 2 is 1.58 bits per heavy atom. The second-order valence-electron chi connectivity index (χ2n) is 11.3. The standard InChI is InChI=1S/C31H35F4N5O3/c1-19-16-40(17-20(2)38(19)4)28-15-26(32)23(21-5-7-22(8-6-21)39-9-11-43-12-10-39)13-27(28)36-30(42)24-18-37(3)29(41)14-25(24)31(33,34)35/h5-8,13-15,18-20H,9-12,16-17H2,1-4H3,(H,36,42)/t19-,20+. The van der Waals surface area contributed by atoms with E-state index >= 15 is 4.39 Å². The van der Waals surface area contributed by atoms with E-state index in [4.69, 9.17) is 4.74 Å². The fraction of sp³-hybridized carbons (Fsp3) is 0.419. The normalized spacial score (nSPS) is 19.9. The minimum Gasteiger partial charge on any atom is -0.378 e. The largest absolute Gasteiger partial charge is 0.417 e. The lowest BCUT2D eigenvalue weighted by atomic mass is 10.0. The number of aromatic nitrogens is 1. The molecule has 8 nitrogen and oxygen atoms in total. The van der Waals surface area contributed by atoms with Crippen LogP contribution in [0.4, 0.5) is 34.6 Å². The fourth-order valence-electron chi connectivity index (χ4n) is 5.66. The fourth-order valence-corrected chi connectivity index (χ4v) is 5.66. The van der Waals surface area contributed by atoms with Crippen LogP contribution in [0, 0.1) is 5.82 Å². The van der Waals surface area contributed by atoms with Gasteiger partial charge in [-0.25, -0.2) is 4.39 Å². The maximum atomic E-state index is 15.8. The van der Waals surface area contributed by atoms with E-state index < -0.39 is 34.6 Å². The van der Waals surface area contributed by atoms with Crippen LogP contribution in [0.15, 0.2) is 53.5 Å². The number of nitrogens with zero attached hydrogens (tertiary/aromatic N) is 4. The molecule has 0 spiro atoms. The van der Waals surface area contributed by atoms with Crippen molar-refractivity contribution in [3.63, 3.8) is 0 Å². The zero-order valence-electron chi connectivity index (χ0n) is 24.5. The predicted molar refractivity (Wildman–Crippen MR) is 158 cm³/mol. The molecule has 0 unspecified atom stereocenters. The molecule has 2 atom stereocenters. The van der Waals surface area contributed by atoms with Crippen LogP contribution in [-0.4, -0.2) is 73.9 Å². The first-order valence-electron chi connectivity index (χ1n) is 14.2. The Bertz CT molecular complexity index is 1540. The number of nitrogens with one attached hydrogen (secondary N) is 1. The van der Waals surface area contributed by atoms with Crippen molar-refractivity contribution in [1.82, 2.24) is 9.47 Å². The van der Waals surface area contributed by atoms with Gasteiger partial charge in [-0.2, -0.15) is 13.2 Å². The van der Waals surface area contributed by atoms with Gasteiger partial charge in [-0.15, -0.1) is 0 Å². The minimum absolute atomic E-state index is 0.100. The molecule has 2 aliphatic heterocycles. The van der Waals surface area contributed by atoms with E-state index in [2.05, 4.69) is 15.1 Å². The van der Waals surface area contributed by atoms with Crippen molar-refractivity contribution < 1.29 is 27.1 Å². The number of hydrogen-bond donors (Lipinski definition) is 1. The van der Waals surface area contributed by atoms with Gasteiger partial charge in [0, 0.05) is 68.8 Å². The molecule has 2 saturated heterocycles. The average molecular weight is 602 g/mol. The SMILES string of the molecule is C[C@@H]1CN(c2cc(F)c(-c3ccc(N4CCOCC4)cc3)cc2NC(=O)c2cn(C)c(=O)cc2C(F)(F)F)C[C@H](C)N1C. The smallest absolute Gasteiger partial charge is 0.378 e. The van der Waals surface area contributed by atoms with Crippen LogP contribution in [0.25, 0.3) is 11.1 Å². The molecule has 12 heteroatoms. The average Bonchev–Trinajstić information content (AvgIpc) is 2.97. The predicted octanol–water partition coefficient (Wildman–Crippen LogP) is 4.83. The van der Waals surface area contributed by atoms with Crippen molar-refractivity contribution in [2.45, 2.75) is 32.1 Å². The maximum Gasteiger partial charge on any atom is 0.417 e. The van der Waals surface area contributed by atoms with Crippen molar-refractivity contribution in [1.29, 1.82) is 0 Å². The maximum absolute atomic E-state index is 15.8. The van der Waals surface area contributed by atoms with Crippen LogP contribution in [0.3, 0.4) is 0 Å². The molecule has 2 fully saturated rings. The van der Waals surface area contributed by atoms with E-state index in [1.54, 1.807) is 12.1 Å². The minimum atomic E-state index is -4.93.